The van der Waals surface area contributed by atoms with Crippen molar-refractivity contribution >= 4 is 17.5 Å². The first-order chi connectivity index (χ1) is 8.59. The van der Waals surface area contributed by atoms with Crippen molar-refractivity contribution in [3.05, 3.63) is 17.8 Å². The fourth-order valence-corrected chi connectivity index (χ4v) is 2.24. The maximum absolute atomic E-state index is 11.6. The minimum absolute atomic E-state index is 0.132. The van der Waals surface area contributed by atoms with Gasteiger partial charge in [-0.15, -0.1) is 10.2 Å². The van der Waals surface area contributed by atoms with Crippen LogP contribution >= 0.6 is 0 Å². The van der Waals surface area contributed by atoms with Crippen LogP contribution in [0.15, 0.2) is 12.1 Å². The fraction of sp³-hybridized carbons (Fsp3) is 0.500. The van der Waals surface area contributed by atoms with Crippen LogP contribution in [0.25, 0.3) is 0 Å². The molecule has 1 fully saturated rings. The SMILES string of the molecule is CC(=O)C1CCCCN1c1ccc(C(N)=O)nn1. The lowest BCUT2D eigenvalue weighted by Crippen LogP contribution is -2.44. The molecule has 0 bridgehead atoms. The molecule has 1 unspecified atom stereocenters. The Hall–Kier alpha value is -1.98. The Bertz CT molecular complexity index is 458. The zero-order valence-corrected chi connectivity index (χ0v) is 10.3. The van der Waals surface area contributed by atoms with E-state index in [9.17, 15) is 9.59 Å². The number of carbonyl (C=O) groups is 2. The molecule has 0 saturated carbocycles. The van der Waals surface area contributed by atoms with Crippen molar-refractivity contribution in [1.29, 1.82) is 0 Å². The van der Waals surface area contributed by atoms with Gasteiger partial charge in [-0.25, -0.2) is 0 Å². The molecule has 1 aromatic rings. The van der Waals surface area contributed by atoms with Crippen molar-refractivity contribution in [3.63, 3.8) is 0 Å². The molecule has 96 valence electrons. The van der Waals surface area contributed by atoms with Gasteiger partial charge in [0.05, 0.1) is 6.04 Å². The molecule has 6 nitrogen and oxygen atoms in total. The Morgan fingerprint density at radius 1 is 1.33 bits per heavy atom. The first kappa shape index (κ1) is 12.5. The number of ketones is 1. The molecule has 2 heterocycles. The van der Waals surface area contributed by atoms with Crippen LogP contribution in [0.2, 0.25) is 0 Å². The summed E-state index contributed by atoms with van der Waals surface area (Å²) in [6.07, 6.45) is 2.92. The number of piperidine rings is 1. The summed E-state index contributed by atoms with van der Waals surface area (Å²) in [7, 11) is 0. The second-order valence-corrected chi connectivity index (χ2v) is 4.46. The number of hydrogen-bond donors (Lipinski definition) is 1. The van der Waals surface area contributed by atoms with Crippen molar-refractivity contribution in [1.82, 2.24) is 10.2 Å². The predicted octanol–water partition coefficient (Wildman–Crippen LogP) is 0.523. The Balaban J connectivity index is 2.23. The third-order valence-electron chi connectivity index (χ3n) is 3.17. The molecule has 18 heavy (non-hydrogen) atoms. The Kier molecular flexibility index (Phi) is 3.55. The van der Waals surface area contributed by atoms with Gasteiger partial charge >= 0.3 is 0 Å². The minimum atomic E-state index is -0.601. The molecule has 2 rings (SSSR count). The molecule has 1 atom stereocenters. The summed E-state index contributed by atoms with van der Waals surface area (Å²) in [6.45, 7) is 2.38. The highest BCUT2D eigenvalue weighted by Gasteiger charge is 2.27. The van der Waals surface area contributed by atoms with Gasteiger partial charge in [0.25, 0.3) is 5.91 Å². The van der Waals surface area contributed by atoms with Gasteiger partial charge in [-0.3, -0.25) is 9.59 Å². The first-order valence-electron chi connectivity index (χ1n) is 6.00. The van der Waals surface area contributed by atoms with Crippen molar-refractivity contribution in [2.45, 2.75) is 32.2 Å². The van der Waals surface area contributed by atoms with E-state index < -0.39 is 5.91 Å². The van der Waals surface area contributed by atoms with Gasteiger partial charge in [0.15, 0.2) is 17.3 Å². The predicted molar refractivity (Wildman–Crippen MR) is 66.2 cm³/mol. The number of amides is 1. The van der Waals surface area contributed by atoms with E-state index in [1.165, 1.54) is 6.07 Å². The summed E-state index contributed by atoms with van der Waals surface area (Å²) in [4.78, 5) is 24.5. The number of hydrogen-bond acceptors (Lipinski definition) is 5. The van der Waals surface area contributed by atoms with E-state index in [1.807, 2.05) is 4.90 Å². The zero-order valence-electron chi connectivity index (χ0n) is 10.3. The third kappa shape index (κ3) is 2.47. The lowest BCUT2D eigenvalue weighted by atomic mass is 9.99. The molecule has 0 radical (unpaired) electrons. The van der Waals surface area contributed by atoms with Crippen LogP contribution in [0, 0.1) is 0 Å². The Morgan fingerprint density at radius 2 is 2.11 bits per heavy atom. The number of nitrogens with two attached hydrogens (primary N) is 1. The average molecular weight is 248 g/mol. The van der Waals surface area contributed by atoms with Gasteiger partial charge in [-0.2, -0.15) is 0 Å². The van der Waals surface area contributed by atoms with Gasteiger partial charge in [-0.05, 0) is 38.3 Å². The molecule has 2 N–H and O–H groups in total. The molecule has 1 amide bonds. The molecule has 1 aromatic heterocycles. The van der Waals surface area contributed by atoms with Crippen LogP contribution in [0.5, 0.6) is 0 Å². The highest BCUT2D eigenvalue weighted by atomic mass is 16.1. The number of anilines is 1. The summed E-state index contributed by atoms with van der Waals surface area (Å²) < 4.78 is 0. The molecular formula is C12H16N4O2. The minimum Gasteiger partial charge on any atom is -0.364 e. The van der Waals surface area contributed by atoms with Crippen LogP contribution in [-0.4, -0.2) is 34.5 Å². The van der Waals surface area contributed by atoms with Crippen molar-refractivity contribution < 1.29 is 9.59 Å². The van der Waals surface area contributed by atoms with E-state index >= 15 is 0 Å². The molecule has 1 aliphatic heterocycles. The van der Waals surface area contributed by atoms with Crippen LogP contribution in [0.3, 0.4) is 0 Å². The van der Waals surface area contributed by atoms with Gasteiger partial charge in [0, 0.05) is 6.54 Å². The monoisotopic (exact) mass is 248 g/mol. The molecule has 1 saturated heterocycles. The second kappa shape index (κ2) is 5.12. The quantitative estimate of drug-likeness (QED) is 0.842. The van der Waals surface area contributed by atoms with Crippen LogP contribution in [0.1, 0.15) is 36.7 Å². The van der Waals surface area contributed by atoms with E-state index in [-0.39, 0.29) is 17.5 Å². The number of rotatable bonds is 3. The molecule has 0 spiro atoms. The summed E-state index contributed by atoms with van der Waals surface area (Å²) in [5.41, 5.74) is 5.24. The molecule has 0 aliphatic carbocycles. The fourth-order valence-electron chi connectivity index (χ4n) is 2.24. The standard InChI is InChI=1S/C12H16N4O2/c1-8(17)10-4-2-3-7-16(10)11-6-5-9(12(13)18)14-15-11/h5-6,10H,2-4,7H2,1H3,(H2,13,18). The van der Waals surface area contributed by atoms with Crippen molar-refractivity contribution in [2.24, 2.45) is 5.73 Å². The molecule has 6 heteroatoms. The van der Waals surface area contributed by atoms with Crippen LogP contribution < -0.4 is 10.6 Å². The van der Waals surface area contributed by atoms with Gasteiger partial charge in [0.2, 0.25) is 0 Å². The van der Waals surface area contributed by atoms with E-state index in [2.05, 4.69) is 10.2 Å². The smallest absolute Gasteiger partial charge is 0.269 e. The summed E-state index contributed by atoms with van der Waals surface area (Å²) in [5, 5.41) is 7.75. The number of primary amides is 1. The molecular weight excluding hydrogens is 232 g/mol. The number of nitrogens with zero attached hydrogens (tertiary/aromatic N) is 3. The Labute approximate surface area is 105 Å². The summed E-state index contributed by atoms with van der Waals surface area (Å²) in [6, 6.07) is 3.10. The molecule has 0 aromatic carbocycles. The van der Waals surface area contributed by atoms with Gasteiger partial charge < -0.3 is 10.6 Å². The highest BCUT2D eigenvalue weighted by molar-refractivity contribution is 5.90. The van der Waals surface area contributed by atoms with Crippen molar-refractivity contribution in [3.8, 4) is 0 Å². The van der Waals surface area contributed by atoms with Crippen LogP contribution in [-0.2, 0) is 4.79 Å². The number of Topliss-reactive ketones (excluding diaryl/α,β-unsaturated/α-hetero) is 1. The largest absolute Gasteiger partial charge is 0.364 e. The van der Waals surface area contributed by atoms with E-state index in [4.69, 9.17) is 5.73 Å². The maximum Gasteiger partial charge on any atom is 0.269 e. The Morgan fingerprint density at radius 3 is 2.67 bits per heavy atom. The van der Waals surface area contributed by atoms with E-state index in [0.717, 1.165) is 25.8 Å². The highest BCUT2D eigenvalue weighted by Crippen LogP contribution is 2.23. The van der Waals surface area contributed by atoms with E-state index in [1.54, 1.807) is 13.0 Å². The second-order valence-electron chi connectivity index (χ2n) is 4.46. The normalized spacial score (nSPS) is 19.6. The maximum atomic E-state index is 11.6. The van der Waals surface area contributed by atoms with Crippen molar-refractivity contribution in [2.75, 3.05) is 11.4 Å². The first-order valence-corrected chi connectivity index (χ1v) is 6.00. The summed E-state index contributed by atoms with van der Waals surface area (Å²) in [5.74, 6) is 0.159. The van der Waals surface area contributed by atoms with E-state index in [0.29, 0.717) is 5.82 Å². The summed E-state index contributed by atoms with van der Waals surface area (Å²) >= 11 is 0. The zero-order chi connectivity index (χ0) is 13.1. The average Bonchev–Trinajstić information content (AvgIpc) is 2.39. The van der Waals surface area contributed by atoms with Gasteiger partial charge in [0.1, 0.15) is 0 Å². The number of carbonyl (C=O) groups excluding carboxylic acids is 2. The van der Waals surface area contributed by atoms with Crippen LogP contribution in [0.4, 0.5) is 5.82 Å². The topological polar surface area (TPSA) is 89.2 Å². The lowest BCUT2D eigenvalue weighted by molar-refractivity contribution is -0.118. The third-order valence-corrected chi connectivity index (χ3v) is 3.17. The van der Waals surface area contributed by atoms with Gasteiger partial charge in [-0.1, -0.05) is 0 Å². The number of aromatic nitrogens is 2. The lowest BCUT2D eigenvalue weighted by Gasteiger charge is -2.34. The molecule has 1 aliphatic rings.